The third-order valence-corrected chi connectivity index (χ3v) is 1.98. The van der Waals surface area contributed by atoms with Gasteiger partial charge in [0, 0.05) is 0 Å². The lowest BCUT2D eigenvalue weighted by atomic mass is 10.5. The van der Waals surface area contributed by atoms with Gasteiger partial charge in [-0.1, -0.05) is 0 Å². The molecule has 0 aromatic rings. The van der Waals surface area contributed by atoms with Crippen molar-refractivity contribution >= 4 is 7.75 Å². The van der Waals surface area contributed by atoms with Crippen LogP contribution in [0.1, 0.15) is 6.92 Å². The molecule has 4 nitrogen and oxygen atoms in total. The quantitative estimate of drug-likeness (QED) is 0.493. The van der Waals surface area contributed by atoms with Gasteiger partial charge in [-0.25, -0.2) is 10.1 Å². The fourth-order valence-electron chi connectivity index (χ4n) is 0.521. The zero-order valence-corrected chi connectivity index (χ0v) is 5.43. The maximum atomic E-state index is 10.6. The Morgan fingerprint density at radius 2 is 2.50 bits per heavy atom. The smallest absolute Gasteiger partial charge is 0.294 e. The minimum absolute atomic E-state index is 0.120. The average molecular weight is 137 g/mol. The maximum Gasteiger partial charge on any atom is 0.403 e. The van der Waals surface area contributed by atoms with Gasteiger partial charge in [0.05, 0.1) is 12.7 Å². The Balaban J connectivity index is 2.57. The molecule has 1 rings (SSSR count). The maximum absolute atomic E-state index is 10.6. The second-order valence-electron chi connectivity index (χ2n) is 1.75. The van der Waals surface area contributed by atoms with Crippen LogP contribution >= 0.6 is 7.75 Å². The summed E-state index contributed by atoms with van der Waals surface area (Å²) >= 11 is 0. The summed E-state index contributed by atoms with van der Waals surface area (Å²) in [5.74, 6) is 0. The van der Waals surface area contributed by atoms with E-state index in [1.54, 1.807) is 6.92 Å². The van der Waals surface area contributed by atoms with Crippen LogP contribution in [0.2, 0.25) is 0 Å². The van der Waals surface area contributed by atoms with E-state index in [-0.39, 0.29) is 6.10 Å². The van der Waals surface area contributed by atoms with Gasteiger partial charge in [-0.3, -0.25) is 9.05 Å². The predicted octanol–water partition coefficient (Wildman–Crippen LogP) is 0.489. The summed E-state index contributed by atoms with van der Waals surface area (Å²) in [4.78, 5) is 0. The van der Waals surface area contributed by atoms with E-state index in [2.05, 4.69) is 9.05 Å². The van der Waals surface area contributed by atoms with Gasteiger partial charge in [0.15, 0.2) is 0 Å². The molecule has 0 bridgehead atoms. The molecule has 0 spiro atoms. The van der Waals surface area contributed by atoms with Crippen LogP contribution in [0.4, 0.5) is 0 Å². The van der Waals surface area contributed by atoms with Crippen LogP contribution in [0.5, 0.6) is 0 Å². The molecule has 2 unspecified atom stereocenters. The lowest BCUT2D eigenvalue weighted by Gasteiger charge is -1.99. The molecule has 1 aliphatic rings. The molecule has 0 aliphatic carbocycles. The Morgan fingerprint density at radius 3 is 2.62 bits per heavy atom. The summed E-state index contributed by atoms with van der Waals surface area (Å²) < 4.78 is 19.8. The molecule has 1 aliphatic heterocycles. The Morgan fingerprint density at radius 1 is 1.88 bits per heavy atom. The number of hydrogen-bond acceptors (Lipinski definition) is 3. The predicted molar refractivity (Wildman–Crippen MR) is 28.3 cm³/mol. The van der Waals surface area contributed by atoms with Crippen molar-refractivity contribution < 1.29 is 13.6 Å². The fraction of sp³-hybridized carbons (Fsp3) is 1.00. The van der Waals surface area contributed by atoms with Crippen LogP contribution in [-0.2, 0) is 13.6 Å². The van der Waals surface area contributed by atoms with Crippen LogP contribution in [0.25, 0.3) is 0 Å². The molecule has 1 saturated heterocycles. The van der Waals surface area contributed by atoms with Crippen molar-refractivity contribution in [3.8, 4) is 0 Å². The fourth-order valence-corrected chi connectivity index (χ4v) is 1.56. The summed E-state index contributed by atoms with van der Waals surface area (Å²) in [6.07, 6.45) is -0.120. The largest absolute Gasteiger partial charge is 0.403 e. The number of nitrogens with two attached hydrogens (primary N) is 1. The molecule has 1 heterocycles. The summed E-state index contributed by atoms with van der Waals surface area (Å²) in [6.45, 7) is 2.10. The van der Waals surface area contributed by atoms with Gasteiger partial charge >= 0.3 is 7.75 Å². The molecular weight excluding hydrogens is 129 g/mol. The molecule has 8 heavy (non-hydrogen) atoms. The Hall–Kier alpha value is 0.110. The standard InChI is InChI=1S/C3H8NO3P/c1-3-2-6-8(4,5)7-3/h3H,2H2,1H3,(H2,4,5). The molecule has 1 fully saturated rings. The van der Waals surface area contributed by atoms with E-state index in [9.17, 15) is 4.57 Å². The number of hydrogen-bond donors (Lipinski definition) is 1. The van der Waals surface area contributed by atoms with Gasteiger partial charge in [0.2, 0.25) is 0 Å². The molecule has 0 aromatic carbocycles. The van der Waals surface area contributed by atoms with E-state index in [4.69, 9.17) is 5.50 Å². The first-order chi connectivity index (χ1) is 3.60. The van der Waals surface area contributed by atoms with Crippen LogP contribution in [-0.4, -0.2) is 12.7 Å². The monoisotopic (exact) mass is 137 g/mol. The van der Waals surface area contributed by atoms with Crippen molar-refractivity contribution in [3.63, 3.8) is 0 Å². The third-order valence-electron chi connectivity index (χ3n) is 0.816. The van der Waals surface area contributed by atoms with Crippen LogP contribution in [0, 0.1) is 0 Å². The van der Waals surface area contributed by atoms with Crippen LogP contribution in [0.15, 0.2) is 0 Å². The minimum Gasteiger partial charge on any atom is -0.294 e. The van der Waals surface area contributed by atoms with Crippen molar-refractivity contribution in [1.82, 2.24) is 0 Å². The summed E-state index contributed by atoms with van der Waals surface area (Å²) in [7, 11) is -3.10. The highest BCUT2D eigenvalue weighted by Crippen LogP contribution is 2.45. The molecular formula is C3H8NO3P. The Labute approximate surface area is 47.5 Å². The van der Waals surface area contributed by atoms with Gasteiger partial charge in [-0.05, 0) is 6.92 Å². The normalized spacial score (nSPS) is 47.5. The number of rotatable bonds is 0. The first kappa shape index (κ1) is 6.23. The average Bonchev–Trinajstić information content (AvgIpc) is 1.82. The summed E-state index contributed by atoms with van der Waals surface area (Å²) in [5.41, 5.74) is 4.98. The summed E-state index contributed by atoms with van der Waals surface area (Å²) in [5, 5.41) is 0. The summed E-state index contributed by atoms with van der Waals surface area (Å²) in [6, 6.07) is 0. The SMILES string of the molecule is CC1COP(N)(=O)O1. The highest BCUT2D eigenvalue weighted by atomic mass is 31.2. The van der Waals surface area contributed by atoms with E-state index in [1.807, 2.05) is 0 Å². The zero-order chi connectivity index (χ0) is 6.20. The molecule has 2 N–H and O–H groups in total. The van der Waals surface area contributed by atoms with Gasteiger partial charge in [-0.15, -0.1) is 0 Å². The van der Waals surface area contributed by atoms with Crippen molar-refractivity contribution in [1.29, 1.82) is 0 Å². The van der Waals surface area contributed by atoms with E-state index >= 15 is 0 Å². The van der Waals surface area contributed by atoms with E-state index < -0.39 is 7.75 Å². The van der Waals surface area contributed by atoms with Gasteiger partial charge in [-0.2, -0.15) is 0 Å². The van der Waals surface area contributed by atoms with Crippen molar-refractivity contribution in [2.45, 2.75) is 13.0 Å². The van der Waals surface area contributed by atoms with E-state index in [0.717, 1.165) is 0 Å². The Bertz CT molecular complexity index is 136. The molecule has 2 atom stereocenters. The molecule has 0 radical (unpaired) electrons. The zero-order valence-electron chi connectivity index (χ0n) is 4.53. The molecule has 0 amide bonds. The van der Waals surface area contributed by atoms with Crippen molar-refractivity contribution in [2.24, 2.45) is 5.50 Å². The molecule has 0 saturated carbocycles. The lowest BCUT2D eigenvalue weighted by Crippen LogP contribution is -2.00. The van der Waals surface area contributed by atoms with E-state index in [0.29, 0.717) is 6.61 Å². The molecule has 5 heteroatoms. The van der Waals surface area contributed by atoms with E-state index in [1.165, 1.54) is 0 Å². The first-order valence-corrected chi connectivity index (χ1v) is 3.93. The topological polar surface area (TPSA) is 61.5 Å². The van der Waals surface area contributed by atoms with Crippen molar-refractivity contribution in [3.05, 3.63) is 0 Å². The molecule has 48 valence electrons. The van der Waals surface area contributed by atoms with Gasteiger partial charge in [0.1, 0.15) is 0 Å². The van der Waals surface area contributed by atoms with Crippen molar-refractivity contribution in [2.75, 3.05) is 6.61 Å². The molecule has 0 aromatic heterocycles. The van der Waals surface area contributed by atoms with Crippen LogP contribution < -0.4 is 5.50 Å². The highest BCUT2D eigenvalue weighted by Gasteiger charge is 2.29. The highest BCUT2D eigenvalue weighted by molar-refractivity contribution is 7.51. The van der Waals surface area contributed by atoms with Gasteiger partial charge in [0.25, 0.3) is 0 Å². The first-order valence-electron chi connectivity index (χ1n) is 2.32. The second kappa shape index (κ2) is 1.81. The van der Waals surface area contributed by atoms with Gasteiger partial charge < -0.3 is 0 Å². The third kappa shape index (κ3) is 1.29. The van der Waals surface area contributed by atoms with Crippen LogP contribution in [0.3, 0.4) is 0 Å². The lowest BCUT2D eigenvalue weighted by molar-refractivity contribution is 0.256. The Kier molecular flexibility index (Phi) is 1.41. The minimum atomic E-state index is -3.10. The second-order valence-corrected chi connectivity index (χ2v) is 3.30.